The van der Waals surface area contributed by atoms with Crippen LogP contribution in [0.3, 0.4) is 0 Å². The molecular weight excluding hydrogens is 226 g/mol. The van der Waals surface area contributed by atoms with Crippen molar-refractivity contribution in [2.45, 2.75) is 58.8 Å². The van der Waals surface area contributed by atoms with Gasteiger partial charge in [-0.2, -0.15) is 4.98 Å². The lowest BCUT2D eigenvalue weighted by atomic mass is 9.94. The van der Waals surface area contributed by atoms with Crippen LogP contribution in [0, 0.1) is 0 Å². The van der Waals surface area contributed by atoms with E-state index in [1.807, 2.05) is 0 Å². The van der Waals surface area contributed by atoms with Gasteiger partial charge in [0.05, 0.1) is 5.69 Å². The van der Waals surface area contributed by atoms with Gasteiger partial charge in [-0.3, -0.25) is 0 Å². The van der Waals surface area contributed by atoms with E-state index < -0.39 is 0 Å². The number of nitrogens with zero attached hydrogens (tertiary/aromatic N) is 3. The van der Waals surface area contributed by atoms with Crippen molar-refractivity contribution < 1.29 is 4.42 Å². The first-order valence-corrected chi connectivity index (χ1v) is 6.55. The molecule has 4 nitrogen and oxygen atoms in total. The zero-order chi connectivity index (χ0) is 13.3. The predicted octanol–water partition coefficient (Wildman–Crippen LogP) is 3.82. The largest absolute Gasteiger partial charge is 0.425 e. The summed E-state index contributed by atoms with van der Waals surface area (Å²) in [5, 5.41) is 0. The number of fused-ring (bicyclic) bond motifs is 1. The highest BCUT2D eigenvalue weighted by molar-refractivity contribution is 5.71. The van der Waals surface area contributed by atoms with Crippen molar-refractivity contribution in [2.24, 2.45) is 0 Å². The Balaban J connectivity index is 2.58. The molecular formula is C14H21N3O. The molecule has 0 aliphatic heterocycles. The molecule has 0 radical (unpaired) electrons. The third kappa shape index (κ3) is 2.37. The Kier molecular flexibility index (Phi) is 3.37. The number of hydrogen-bond donors (Lipinski definition) is 0. The van der Waals surface area contributed by atoms with Crippen LogP contribution in [0.4, 0.5) is 0 Å². The lowest BCUT2D eigenvalue weighted by Crippen LogP contribution is -2.17. The standard InChI is InChI=1S/C14H21N3O/c1-6-7-9(2)10-11-12(18-8-15-11)17-13(16-10)14(3,4)5/h8-9H,6-7H2,1-5H3. The van der Waals surface area contributed by atoms with Crippen molar-refractivity contribution in [1.29, 1.82) is 0 Å². The summed E-state index contributed by atoms with van der Waals surface area (Å²) < 4.78 is 5.36. The van der Waals surface area contributed by atoms with Crippen molar-refractivity contribution >= 4 is 11.2 Å². The minimum Gasteiger partial charge on any atom is -0.425 e. The van der Waals surface area contributed by atoms with E-state index in [0.29, 0.717) is 11.6 Å². The molecule has 0 fully saturated rings. The van der Waals surface area contributed by atoms with E-state index in [4.69, 9.17) is 9.40 Å². The third-order valence-corrected chi connectivity index (χ3v) is 3.08. The Morgan fingerprint density at radius 2 is 2.00 bits per heavy atom. The van der Waals surface area contributed by atoms with Crippen LogP contribution in [0.15, 0.2) is 10.8 Å². The van der Waals surface area contributed by atoms with Crippen LogP contribution in [0.25, 0.3) is 11.2 Å². The molecule has 0 aromatic carbocycles. The summed E-state index contributed by atoms with van der Waals surface area (Å²) in [4.78, 5) is 13.5. The van der Waals surface area contributed by atoms with E-state index in [2.05, 4.69) is 44.6 Å². The van der Waals surface area contributed by atoms with Crippen LogP contribution >= 0.6 is 0 Å². The molecule has 2 aromatic heterocycles. The fourth-order valence-corrected chi connectivity index (χ4v) is 2.03. The Bertz CT molecular complexity index is 539. The highest BCUT2D eigenvalue weighted by Crippen LogP contribution is 2.28. The number of hydrogen-bond acceptors (Lipinski definition) is 4. The summed E-state index contributed by atoms with van der Waals surface area (Å²) in [5.74, 6) is 1.21. The van der Waals surface area contributed by atoms with Gasteiger partial charge < -0.3 is 4.42 Å². The van der Waals surface area contributed by atoms with E-state index in [1.165, 1.54) is 6.39 Å². The van der Waals surface area contributed by atoms with E-state index >= 15 is 0 Å². The van der Waals surface area contributed by atoms with E-state index in [9.17, 15) is 0 Å². The van der Waals surface area contributed by atoms with Crippen LogP contribution in [0.5, 0.6) is 0 Å². The number of rotatable bonds is 3. The smallest absolute Gasteiger partial charge is 0.250 e. The minimum atomic E-state index is -0.0817. The molecule has 0 aliphatic rings. The van der Waals surface area contributed by atoms with Crippen molar-refractivity contribution in [3.8, 4) is 0 Å². The minimum absolute atomic E-state index is 0.0817. The zero-order valence-electron chi connectivity index (χ0n) is 11.8. The van der Waals surface area contributed by atoms with Crippen LogP contribution < -0.4 is 0 Å². The molecule has 4 heteroatoms. The molecule has 18 heavy (non-hydrogen) atoms. The lowest BCUT2D eigenvalue weighted by Gasteiger charge is -2.18. The van der Waals surface area contributed by atoms with Gasteiger partial charge in [0.1, 0.15) is 5.82 Å². The normalized spacial score (nSPS) is 14.1. The molecule has 2 aromatic rings. The van der Waals surface area contributed by atoms with Gasteiger partial charge in [-0.05, 0) is 6.42 Å². The molecule has 0 amide bonds. The van der Waals surface area contributed by atoms with Crippen molar-refractivity contribution in [1.82, 2.24) is 15.0 Å². The van der Waals surface area contributed by atoms with Gasteiger partial charge in [-0.25, -0.2) is 9.97 Å². The third-order valence-electron chi connectivity index (χ3n) is 3.08. The summed E-state index contributed by atoms with van der Waals surface area (Å²) in [7, 11) is 0. The molecule has 2 heterocycles. The van der Waals surface area contributed by atoms with E-state index in [0.717, 1.165) is 29.9 Å². The van der Waals surface area contributed by atoms with Gasteiger partial charge in [0.25, 0.3) is 0 Å². The van der Waals surface area contributed by atoms with Gasteiger partial charge in [-0.1, -0.05) is 41.0 Å². The average molecular weight is 247 g/mol. The summed E-state index contributed by atoms with van der Waals surface area (Å²) in [6, 6.07) is 0. The number of oxazole rings is 1. The zero-order valence-corrected chi connectivity index (χ0v) is 11.8. The topological polar surface area (TPSA) is 51.8 Å². The summed E-state index contributed by atoms with van der Waals surface area (Å²) >= 11 is 0. The first-order valence-electron chi connectivity index (χ1n) is 6.55. The molecule has 0 N–H and O–H groups in total. The molecule has 0 aliphatic carbocycles. The van der Waals surface area contributed by atoms with E-state index in [-0.39, 0.29) is 5.41 Å². The van der Waals surface area contributed by atoms with Crippen LogP contribution in [0.1, 0.15) is 64.9 Å². The molecule has 1 unspecified atom stereocenters. The fraction of sp³-hybridized carbons (Fsp3) is 0.643. The molecule has 0 saturated carbocycles. The average Bonchev–Trinajstić information content (AvgIpc) is 2.74. The predicted molar refractivity (Wildman–Crippen MR) is 71.6 cm³/mol. The maximum absolute atomic E-state index is 5.36. The fourth-order valence-electron chi connectivity index (χ4n) is 2.03. The second-order valence-electron chi connectivity index (χ2n) is 5.88. The lowest BCUT2D eigenvalue weighted by molar-refractivity contribution is 0.524. The molecule has 1 atom stereocenters. The molecule has 0 spiro atoms. The van der Waals surface area contributed by atoms with Gasteiger partial charge in [-0.15, -0.1) is 0 Å². The second-order valence-corrected chi connectivity index (χ2v) is 5.88. The van der Waals surface area contributed by atoms with Crippen LogP contribution in [0.2, 0.25) is 0 Å². The molecule has 0 bridgehead atoms. The second kappa shape index (κ2) is 4.67. The molecule has 2 rings (SSSR count). The van der Waals surface area contributed by atoms with Gasteiger partial charge >= 0.3 is 0 Å². The summed E-state index contributed by atoms with van der Waals surface area (Å²) in [5.41, 5.74) is 2.35. The molecule has 0 saturated heterocycles. The van der Waals surface area contributed by atoms with Crippen molar-refractivity contribution in [3.05, 3.63) is 17.9 Å². The Labute approximate surface area is 108 Å². The van der Waals surface area contributed by atoms with Crippen molar-refractivity contribution in [3.63, 3.8) is 0 Å². The van der Waals surface area contributed by atoms with E-state index in [1.54, 1.807) is 0 Å². The first-order chi connectivity index (χ1) is 8.43. The highest BCUT2D eigenvalue weighted by atomic mass is 16.3. The Morgan fingerprint density at radius 1 is 1.28 bits per heavy atom. The Hall–Kier alpha value is -1.45. The van der Waals surface area contributed by atoms with Crippen LogP contribution in [-0.2, 0) is 5.41 Å². The SMILES string of the molecule is CCCC(C)c1nc(C(C)(C)C)nc2ocnc12. The first kappa shape index (κ1) is 13.0. The quantitative estimate of drug-likeness (QED) is 0.827. The van der Waals surface area contributed by atoms with Crippen LogP contribution in [-0.4, -0.2) is 15.0 Å². The van der Waals surface area contributed by atoms with Crippen molar-refractivity contribution in [2.75, 3.05) is 0 Å². The van der Waals surface area contributed by atoms with Gasteiger partial charge in [0.2, 0.25) is 5.71 Å². The van der Waals surface area contributed by atoms with Gasteiger partial charge in [0.15, 0.2) is 11.9 Å². The maximum Gasteiger partial charge on any atom is 0.250 e. The monoisotopic (exact) mass is 247 g/mol. The number of aromatic nitrogens is 3. The summed E-state index contributed by atoms with van der Waals surface area (Å²) in [6.45, 7) is 10.7. The van der Waals surface area contributed by atoms with Gasteiger partial charge in [0, 0.05) is 11.3 Å². The highest BCUT2D eigenvalue weighted by Gasteiger charge is 2.23. The molecule has 98 valence electrons. The Morgan fingerprint density at radius 3 is 2.61 bits per heavy atom. The maximum atomic E-state index is 5.36. The summed E-state index contributed by atoms with van der Waals surface area (Å²) in [6.07, 6.45) is 3.69.